The standard InChI is InChI=1S/C19H28ClFN2O3/c1-5-15(24)13-11-16(20)22-14(17(13)21)10-12-6-8-23(9-7-12)18(25)26-19(2,3)4/h11-12,15,24H,5-10H2,1-4H3. The number of aliphatic hydroxyl groups is 1. The third-order valence-corrected chi connectivity index (χ3v) is 4.71. The van der Waals surface area contributed by atoms with Gasteiger partial charge in [-0.05, 0) is 58.4 Å². The third-order valence-electron chi connectivity index (χ3n) is 4.52. The maximum absolute atomic E-state index is 14.7. The Balaban J connectivity index is 1.99. The van der Waals surface area contributed by atoms with Crippen LogP contribution in [0.15, 0.2) is 6.07 Å². The van der Waals surface area contributed by atoms with E-state index in [0.717, 1.165) is 12.8 Å². The summed E-state index contributed by atoms with van der Waals surface area (Å²) < 4.78 is 20.1. The van der Waals surface area contributed by atoms with Crippen molar-refractivity contribution >= 4 is 17.7 Å². The molecule has 0 aromatic carbocycles. The summed E-state index contributed by atoms with van der Waals surface area (Å²) in [4.78, 5) is 17.9. The van der Waals surface area contributed by atoms with Crippen molar-refractivity contribution in [2.45, 2.75) is 65.1 Å². The number of carbonyl (C=O) groups excluding carboxylic acids is 1. The summed E-state index contributed by atoms with van der Waals surface area (Å²) >= 11 is 6.01. The molecule has 2 heterocycles. The summed E-state index contributed by atoms with van der Waals surface area (Å²) in [5, 5.41) is 10.2. The lowest BCUT2D eigenvalue weighted by Crippen LogP contribution is -2.42. The van der Waals surface area contributed by atoms with Crippen LogP contribution in [0.1, 0.15) is 64.3 Å². The van der Waals surface area contributed by atoms with Crippen molar-refractivity contribution in [1.82, 2.24) is 9.88 Å². The number of aliphatic hydroxyl groups excluding tert-OH is 1. The van der Waals surface area contributed by atoms with E-state index >= 15 is 0 Å². The van der Waals surface area contributed by atoms with Crippen molar-refractivity contribution in [2.75, 3.05) is 13.1 Å². The van der Waals surface area contributed by atoms with E-state index in [9.17, 15) is 14.3 Å². The van der Waals surface area contributed by atoms with Gasteiger partial charge in [0.2, 0.25) is 0 Å². The Labute approximate surface area is 159 Å². The summed E-state index contributed by atoms with van der Waals surface area (Å²) in [6, 6.07) is 1.39. The van der Waals surface area contributed by atoms with Gasteiger partial charge in [-0.25, -0.2) is 14.2 Å². The van der Waals surface area contributed by atoms with Gasteiger partial charge in [0.05, 0.1) is 11.8 Å². The molecule has 1 N–H and O–H groups in total. The minimum atomic E-state index is -0.886. The fourth-order valence-corrected chi connectivity index (χ4v) is 3.31. The Morgan fingerprint density at radius 2 is 2.08 bits per heavy atom. The highest BCUT2D eigenvalue weighted by Gasteiger charge is 2.28. The van der Waals surface area contributed by atoms with Gasteiger partial charge in [0.15, 0.2) is 5.82 Å². The molecule has 26 heavy (non-hydrogen) atoms. The van der Waals surface area contributed by atoms with Crippen molar-refractivity contribution < 1.29 is 19.0 Å². The molecule has 146 valence electrons. The van der Waals surface area contributed by atoms with E-state index in [0.29, 0.717) is 25.9 Å². The van der Waals surface area contributed by atoms with E-state index in [2.05, 4.69) is 4.98 Å². The number of hydrogen-bond donors (Lipinski definition) is 1. The van der Waals surface area contributed by atoms with Crippen LogP contribution in [0, 0.1) is 11.7 Å². The van der Waals surface area contributed by atoms with Crippen LogP contribution in [0.4, 0.5) is 9.18 Å². The Kier molecular flexibility index (Phi) is 6.86. The van der Waals surface area contributed by atoms with Crippen molar-refractivity contribution in [3.8, 4) is 0 Å². The minimum Gasteiger partial charge on any atom is -0.444 e. The highest BCUT2D eigenvalue weighted by molar-refractivity contribution is 6.29. The number of ether oxygens (including phenoxy) is 1. The number of piperidine rings is 1. The molecule has 5 nitrogen and oxygen atoms in total. The number of halogens is 2. The van der Waals surface area contributed by atoms with Gasteiger partial charge in [-0.15, -0.1) is 0 Å². The topological polar surface area (TPSA) is 62.7 Å². The number of aromatic nitrogens is 1. The predicted octanol–water partition coefficient (Wildman–Crippen LogP) is 4.51. The van der Waals surface area contributed by atoms with Gasteiger partial charge in [0.1, 0.15) is 10.8 Å². The third kappa shape index (κ3) is 5.55. The number of likely N-dealkylation sites (tertiary alicyclic amines) is 1. The van der Waals surface area contributed by atoms with E-state index in [1.54, 1.807) is 11.8 Å². The molecular weight excluding hydrogens is 359 g/mol. The zero-order valence-corrected chi connectivity index (χ0v) is 16.6. The highest BCUT2D eigenvalue weighted by atomic mass is 35.5. The van der Waals surface area contributed by atoms with Gasteiger partial charge in [-0.1, -0.05) is 18.5 Å². The molecule has 1 unspecified atom stereocenters. The van der Waals surface area contributed by atoms with E-state index in [1.807, 2.05) is 20.8 Å². The first kappa shape index (κ1) is 20.9. The van der Waals surface area contributed by atoms with Crippen LogP contribution in [-0.2, 0) is 11.2 Å². The fraction of sp³-hybridized carbons (Fsp3) is 0.684. The summed E-state index contributed by atoms with van der Waals surface area (Å²) in [6.45, 7) is 8.46. The van der Waals surface area contributed by atoms with Crippen LogP contribution in [0.2, 0.25) is 5.15 Å². The van der Waals surface area contributed by atoms with Crippen molar-refractivity contribution in [3.05, 3.63) is 28.3 Å². The largest absolute Gasteiger partial charge is 0.444 e. The lowest BCUT2D eigenvalue weighted by molar-refractivity contribution is 0.0183. The normalized spacial score (nSPS) is 17.3. The fourth-order valence-electron chi connectivity index (χ4n) is 3.09. The molecule has 7 heteroatoms. The molecule has 1 aromatic rings. The van der Waals surface area contributed by atoms with Crippen LogP contribution in [0.5, 0.6) is 0 Å². The van der Waals surface area contributed by atoms with Crippen molar-refractivity contribution in [1.29, 1.82) is 0 Å². The smallest absolute Gasteiger partial charge is 0.410 e. The van der Waals surface area contributed by atoms with Crippen LogP contribution in [0.3, 0.4) is 0 Å². The first-order valence-corrected chi connectivity index (χ1v) is 9.49. The summed E-state index contributed by atoms with van der Waals surface area (Å²) in [7, 11) is 0. The number of hydrogen-bond acceptors (Lipinski definition) is 4. The molecule has 1 aliphatic heterocycles. The van der Waals surface area contributed by atoms with Crippen LogP contribution < -0.4 is 0 Å². The van der Waals surface area contributed by atoms with E-state index in [-0.39, 0.29) is 28.4 Å². The zero-order chi connectivity index (χ0) is 19.5. The van der Waals surface area contributed by atoms with Crippen LogP contribution >= 0.6 is 11.6 Å². The second-order valence-electron chi connectivity index (χ2n) is 7.83. The van der Waals surface area contributed by atoms with E-state index in [1.165, 1.54) is 6.07 Å². The van der Waals surface area contributed by atoms with Gasteiger partial charge < -0.3 is 14.7 Å². The maximum atomic E-state index is 14.7. The van der Waals surface area contributed by atoms with Gasteiger partial charge in [0, 0.05) is 18.7 Å². The molecule has 1 aliphatic rings. The van der Waals surface area contributed by atoms with Crippen LogP contribution in [-0.4, -0.2) is 39.8 Å². The quantitative estimate of drug-likeness (QED) is 0.773. The molecule has 1 amide bonds. The molecule has 1 saturated heterocycles. The number of amides is 1. The first-order valence-electron chi connectivity index (χ1n) is 9.11. The van der Waals surface area contributed by atoms with Gasteiger partial charge in [0.25, 0.3) is 0 Å². The van der Waals surface area contributed by atoms with Gasteiger partial charge in [-0.3, -0.25) is 0 Å². The Morgan fingerprint density at radius 1 is 1.46 bits per heavy atom. The Morgan fingerprint density at radius 3 is 2.62 bits per heavy atom. The van der Waals surface area contributed by atoms with Crippen molar-refractivity contribution in [2.24, 2.45) is 5.92 Å². The van der Waals surface area contributed by atoms with E-state index in [4.69, 9.17) is 16.3 Å². The van der Waals surface area contributed by atoms with E-state index < -0.39 is 17.5 Å². The molecule has 2 rings (SSSR count). The number of pyridine rings is 1. The van der Waals surface area contributed by atoms with Crippen LogP contribution in [0.25, 0.3) is 0 Å². The average Bonchev–Trinajstić information content (AvgIpc) is 2.56. The Hall–Kier alpha value is -1.40. The average molecular weight is 387 g/mol. The summed E-state index contributed by atoms with van der Waals surface area (Å²) in [5.74, 6) is -0.265. The highest BCUT2D eigenvalue weighted by Crippen LogP contribution is 2.28. The van der Waals surface area contributed by atoms with Gasteiger partial charge in [-0.2, -0.15) is 0 Å². The zero-order valence-electron chi connectivity index (χ0n) is 15.9. The molecule has 1 atom stereocenters. The lowest BCUT2D eigenvalue weighted by Gasteiger charge is -2.33. The SMILES string of the molecule is CCC(O)c1cc(Cl)nc(CC2CCN(C(=O)OC(C)(C)C)CC2)c1F. The molecule has 0 aliphatic carbocycles. The predicted molar refractivity (Wildman–Crippen MR) is 98.7 cm³/mol. The minimum absolute atomic E-state index is 0.190. The number of carbonyl (C=O) groups is 1. The monoisotopic (exact) mass is 386 g/mol. The Bertz CT molecular complexity index is 640. The first-order chi connectivity index (χ1) is 12.1. The molecule has 0 radical (unpaired) electrons. The number of rotatable bonds is 4. The molecule has 1 fully saturated rings. The molecule has 0 saturated carbocycles. The van der Waals surface area contributed by atoms with Crippen molar-refractivity contribution in [3.63, 3.8) is 0 Å². The second kappa shape index (κ2) is 8.53. The molecular formula is C19H28ClFN2O3. The summed E-state index contributed by atoms with van der Waals surface area (Å²) in [6.07, 6.45) is 1.15. The molecule has 0 spiro atoms. The van der Waals surface area contributed by atoms with Gasteiger partial charge >= 0.3 is 6.09 Å². The lowest BCUT2D eigenvalue weighted by atomic mass is 9.91. The molecule has 1 aromatic heterocycles. The second-order valence-corrected chi connectivity index (χ2v) is 8.22. The molecule has 0 bridgehead atoms. The summed E-state index contributed by atoms with van der Waals surface area (Å²) in [5.41, 5.74) is -0.0254. The number of nitrogens with zero attached hydrogens (tertiary/aromatic N) is 2. The maximum Gasteiger partial charge on any atom is 0.410 e.